The van der Waals surface area contributed by atoms with E-state index in [1.807, 2.05) is 6.07 Å². The van der Waals surface area contributed by atoms with Crippen LogP contribution in [-0.2, 0) is 6.61 Å². The van der Waals surface area contributed by atoms with E-state index in [9.17, 15) is 9.65 Å². The summed E-state index contributed by atoms with van der Waals surface area (Å²) >= 11 is 1.50. The summed E-state index contributed by atoms with van der Waals surface area (Å²) in [6.45, 7) is 2.18. The number of unbranched alkanes of at least 4 members (excludes halogenated alkanes) is 1. The first kappa shape index (κ1) is 17.0. The molecule has 5 nitrogen and oxygen atoms in total. The van der Waals surface area contributed by atoms with E-state index in [-0.39, 0.29) is 23.8 Å². The summed E-state index contributed by atoms with van der Waals surface area (Å²) in [5, 5.41) is 9.75. The maximum absolute atomic E-state index is 12.9. The molecule has 1 aromatic heterocycles. The lowest BCUT2D eigenvalue weighted by Crippen LogP contribution is -2.08. The van der Waals surface area contributed by atoms with Crippen LogP contribution in [0.5, 0.6) is 5.75 Å². The first-order chi connectivity index (χ1) is 11.1. The summed E-state index contributed by atoms with van der Waals surface area (Å²) < 4.78 is 18.4. The Morgan fingerprint density at radius 3 is 2.70 bits per heavy atom. The zero-order valence-corrected chi connectivity index (χ0v) is 13.6. The molecule has 2 N–H and O–H groups in total. The van der Waals surface area contributed by atoms with Gasteiger partial charge in [-0.2, -0.15) is 5.26 Å². The number of hydrogen-bond donors (Lipinski definition) is 1. The third-order valence-electron chi connectivity index (χ3n) is 3.02. The summed E-state index contributed by atoms with van der Waals surface area (Å²) in [5.41, 5.74) is 6.48. The van der Waals surface area contributed by atoms with E-state index in [0.717, 1.165) is 18.6 Å². The second kappa shape index (κ2) is 8.34. The lowest BCUT2D eigenvalue weighted by atomic mass is 10.2. The first-order valence-electron chi connectivity index (χ1n) is 7.21. The first-order valence-corrected chi connectivity index (χ1v) is 8.20. The minimum Gasteiger partial charge on any atom is -0.487 e. The highest BCUT2D eigenvalue weighted by molar-refractivity contribution is 7.99. The molecule has 1 aromatic carbocycles. The molecule has 0 amide bonds. The lowest BCUT2D eigenvalue weighted by Gasteiger charge is -2.10. The molecule has 120 valence electrons. The molecule has 7 heteroatoms. The average molecular weight is 332 g/mol. The van der Waals surface area contributed by atoms with Gasteiger partial charge in [0.2, 0.25) is 0 Å². The van der Waals surface area contributed by atoms with Gasteiger partial charge in [0.05, 0.1) is 0 Å². The molecule has 0 spiro atoms. The number of hydrogen-bond acceptors (Lipinski definition) is 6. The molecule has 0 radical (unpaired) electrons. The van der Waals surface area contributed by atoms with Gasteiger partial charge < -0.3 is 10.5 Å². The minimum atomic E-state index is -0.337. The number of ether oxygens (including phenoxy) is 1. The third-order valence-corrected chi connectivity index (χ3v) is 3.96. The average Bonchev–Trinajstić information content (AvgIpc) is 2.54. The summed E-state index contributed by atoms with van der Waals surface area (Å²) in [7, 11) is 0. The van der Waals surface area contributed by atoms with E-state index in [0.29, 0.717) is 16.6 Å². The SMILES string of the molecule is CCCCSc1nc(N)c(C#N)c(COc2ccc(F)cc2)n1. The van der Waals surface area contributed by atoms with Crippen LogP contribution in [-0.4, -0.2) is 15.7 Å². The summed E-state index contributed by atoms with van der Waals surface area (Å²) in [6.07, 6.45) is 2.13. The summed E-state index contributed by atoms with van der Waals surface area (Å²) in [5.74, 6) is 1.20. The van der Waals surface area contributed by atoms with Crippen LogP contribution >= 0.6 is 11.8 Å². The van der Waals surface area contributed by atoms with Crippen molar-refractivity contribution in [1.29, 1.82) is 5.26 Å². The van der Waals surface area contributed by atoms with E-state index in [1.54, 1.807) is 0 Å². The van der Waals surface area contributed by atoms with Crippen LogP contribution in [0, 0.1) is 17.1 Å². The Bertz CT molecular complexity index is 700. The zero-order chi connectivity index (χ0) is 16.7. The molecular weight excluding hydrogens is 315 g/mol. The van der Waals surface area contributed by atoms with E-state index in [2.05, 4.69) is 16.9 Å². The number of nitriles is 1. The fourth-order valence-corrected chi connectivity index (χ4v) is 2.74. The van der Waals surface area contributed by atoms with Crippen molar-refractivity contribution in [3.8, 4) is 11.8 Å². The standard InChI is InChI=1S/C16H17FN4OS/c1-2-3-8-23-16-20-14(13(9-18)15(19)21-16)10-22-12-6-4-11(17)5-7-12/h4-7H,2-3,8,10H2,1H3,(H2,19,20,21). The second-order valence-electron chi connectivity index (χ2n) is 4.77. The van der Waals surface area contributed by atoms with Gasteiger partial charge in [0.1, 0.15) is 41.3 Å². The molecule has 0 bridgehead atoms. The normalized spacial score (nSPS) is 10.3. The minimum absolute atomic E-state index is 0.0720. The highest BCUT2D eigenvalue weighted by Gasteiger charge is 2.13. The third kappa shape index (κ3) is 4.83. The Hall–Kier alpha value is -2.33. The van der Waals surface area contributed by atoms with Crippen LogP contribution in [0.4, 0.5) is 10.2 Å². The predicted octanol–water partition coefficient (Wildman–Crippen LogP) is 3.54. The zero-order valence-electron chi connectivity index (χ0n) is 12.8. The quantitative estimate of drug-likeness (QED) is 0.474. The van der Waals surface area contributed by atoms with Crippen molar-refractivity contribution in [3.05, 3.63) is 41.3 Å². The molecule has 0 saturated carbocycles. The fourth-order valence-electron chi connectivity index (χ4n) is 1.78. The number of anilines is 1. The largest absolute Gasteiger partial charge is 0.487 e. The number of nitrogens with zero attached hydrogens (tertiary/aromatic N) is 3. The Labute approximate surface area is 138 Å². The van der Waals surface area contributed by atoms with Crippen LogP contribution in [0.2, 0.25) is 0 Å². The summed E-state index contributed by atoms with van der Waals surface area (Å²) in [4.78, 5) is 8.50. The molecule has 2 aromatic rings. The van der Waals surface area contributed by atoms with Gasteiger partial charge in [-0.15, -0.1) is 0 Å². The topological polar surface area (TPSA) is 84.8 Å². The maximum Gasteiger partial charge on any atom is 0.189 e. The van der Waals surface area contributed by atoms with E-state index >= 15 is 0 Å². The van der Waals surface area contributed by atoms with Crippen LogP contribution in [0.15, 0.2) is 29.4 Å². The number of thioether (sulfide) groups is 1. The van der Waals surface area contributed by atoms with Crippen molar-refractivity contribution < 1.29 is 9.13 Å². The lowest BCUT2D eigenvalue weighted by molar-refractivity contribution is 0.299. The van der Waals surface area contributed by atoms with Gasteiger partial charge in [0, 0.05) is 5.75 Å². The maximum atomic E-state index is 12.9. The number of halogens is 1. The van der Waals surface area contributed by atoms with E-state index < -0.39 is 0 Å². The molecule has 0 aliphatic carbocycles. The Morgan fingerprint density at radius 1 is 1.30 bits per heavy atom. The van der Waals surface area contributed by atoms with Gasteiger partial charge >= 0.3 is 0 Å². The van der Waals surface area contributed by atoms with Crippen LogP contribution < -0.4 is 10.5 Å². The molecule has 0 aliphatic heterocycles. The number of nitrogen functional groups attached to an aromatic ring is 1. The molecule has 0 atom stereocenters. The Morgan fingerprint density at radius 2 is 2.04 bits per heavy atom. The monoisotopic (exact) mass is 332 g/mol. The highest BCUT2D eigenvalue weighted by Crippen LogP contribution is 2.22. The molecule has 2 rings (SSSR count). The summed E-state index contributed by atoms with van der Waals surface area (Å²) in [6, 6.07) is 7.65. The van der Waals surface area contributed by atoms with Gasteiger partial charge in [-0.3, -0.25) is 0 Å². The number of nitrogens with two attached hydrogens (primary N) is 1. The van der Waals surface area contributed by atoms with Crippen LogP contribution in [0.3, 0.4) is 0 Å². The molecule has 23 heavy (non-hydrogen) atoms. The molecule has 0 aliphatic rings. The molecule has 1 heterocycles. The van der Waals surface area contributed by atoms with E-state index in [4.69, 9.17) is 10.5 Å². The van der Waals surface area contributed by atoms with Gasteiger partial charge in [-0.1, -0.05) is 25.1 Å². The number of benzene rings is 1. The van der Waals surface area contributed by atoms with Crippen molar-refractivity contribution in [1.82, 2.24) is 9.97 Å². The van der Waals surface area contributed by atoms with Crippen molar-refractivity contribution in [2.75, 3.05) is 11.5 Å². The van der Waals surface area contributed by atoms with Gasteiger partial charge in [-0.25, -0.2) is 14.4 Å². The van der Waals surface area contributed by atoms with Crippen molar-refractivity contribution >= 4 is 17.6 Å². The molecule has 0 fully saturated rings. The number of rotatable bonds is 7. The van der Waals surface area contributed by atoms with Crippen molar-refractivity contribution in [3.63, 3.8) is 0 Å². The molecule has 0 saturated heterocycles. The van der Waals surface area contributed by atoms with Crippen LogP contribution in [0.1, 0.15) is 31.0 Å². The Kier molecular flexibility index (Phi) is 6.18. The van der Waals surface area contributed by atoms with Gasteiger partial charge in [0.15, 0.2) is 5.16 Å². The predicted molar refractivity (Wildman–Crippen MR) is 87.5 cm³/mol. The van der Waals surface area contributed by atoms with Crippen LogP contribution in [0.25, 0.3) is 0 Å². The number of aromatic nitrogens is 2. The Balaban J connectivity index is 2.14. The van der Waals surface area contributed by atoms with Crippen molar-refractivity contribution in [2.45, 2.75) is 31.5 Å². The van der Waals surface area contributed by atoms with E-state index in [1.165, 1.54) is 36.0 Å². The van der Waals surface area contributed by atoms with Gasteiger partial charge in [0.25, 0.3) is 0 Å². The van der Waals surface area contributed by atoms with Gasteiger partial charge in [-0.05, 0) is 30.7 Å². The van der Waals surface area contributed by atoms with Crippen molar-refractivity contribution in [2.24, 2.45) is 0 Å². The second-order valence-corrected chi connectivity index (χ2v) is 5.83. The highest BCUT2D eigenvalue weighted by atomic mass is 32.2. The molecular formula is C16H17FN4OS. The smallest absolute Gasteiger partial charge is 0.189 e. The molecule has 0 unspecified atom stereocenters. The fraction of sp³-hybridized carbons (Fsp3) is 0.312.